The Balaban J connectivity index is 1.79. The molecule has 0 aliphatic heterocycles. The summed E-state index contributed by atoms with van der Waals surface area (Å²) in [7, 11) is 1.52. The molecule has 31 heavy (non-hydrogen) atoms. The van der Waals surface area contributed by atoms with Crippen LogP contribution in [0.4, 0.5) is 10.1 Å². The monoisotopic (exact) mass is 439 g/mol. The zero-order chi connectivity index (χ0) is 22.1. The Morgan fingerprint density at radius 1 is 1.16 bits per heavy atom. The maximum absolute atomic E-state index is 13.5. The molecular formula is C22H18FN3O4S. The van der Waals surface area contributed by atoms with E-state index in [0.717, 1.165) is 4.57 Å². The summed E-state index contributed by atoms with van der Waals surface area (Å²) in [6, 6.07) is 12.3. The molecule has 2 aromatic carbocycles. The smallest absolute Gasteiger partial charge is 0.336 e. The Morgan fingerprint density at radius 3 is 2.71 bits per heavy atom. The van der Waals surface area contributed by atoms with Gasteiger partial charge in [-0.15, -0.1) is 11.3 Å². The average molecular weight is 439 g/mol. The molecule has 158 valence electrons. The van der Waals surface area contributed by atoms with Crippen molar-refractivity contribution in [3.8, 4) is 11.4 Å². The van der Waals surface area contributed by atoms with Gasteiger partial charge < -0.3 is 10.1 Å². The number of rotatable bonds is 5. The van der Waals surface area contributed by atoms with Crippen LogP contribution < -0.4 is 21.3 Å². The lowest BCUT2D eigenvalue weighted by Crippen LogP contribution is -2.40. The summed E-state index contributed by atoms with van der Waals surface area (Å²) in [5, 5.41) is 4.41. The Hall–Kier alpha value is -3.72. The van der Waals surface area contributed by atoms with Crippen molar-refractivity contribution in [2.24, 2.45) is 0 Å². The predicted molar refractivity (Wildman–Crippen MR) is 118 cm³/mol. The van der Waals surface area contributed by atoms with E-state index in [9.17, 15) is 18.8 Å². The van der Waals surface area contributed by atoms with Crippen LogP contribution >= 0.6 is 11.3 Å². The van der Waals surface area contributed by atoms with E-state index in [1.165, 1.54) is 41.2 Å². The van der Waals surface area contributed by atoms with E-state index in [0.29, 0.717) is 27.2 Å². The van der Waals surface area contributed by atoms with Gasteiger partial charge in [-0.3, -0.25) is 14.2 Å². The molecule has 4 aromatic rings. The number of nitrogens with zero attached hydrogens (tertiary/aromatic N) is 2. The molecular weight excluding hydrogens is 421 g/mol. The molecule has 0 saturated carbocycles. The van der Waals surface area contributed by atoms with E-state index in [1.807, 2.05) is 0 Å². The number of aromatic nitrogens is 2. The van der Waals surface area contributed by atoms with Crippen LogP contribution in [0.25, 0.3) is 15.9 Å². The van der Waals surface area contributed by atoms with E-state index in [2.05, 4.69) is 5.32 Å². The van der Waals surface area contributed by atoms with Crippen molar-refractivity contribution in [2.45, 2.75) is 13.5 Å². The number of amides is 1. The van der Waals surface area contributed by atoms with E-state index in [4.69, 9.17) is 4.74 Å². The minimum absolute atomic E-state index is 0.272. The lowest BCUT2D eigenvalue weighted by Gasteiger charge is -2.14. The first-order valence-corrected chi connectivity index (χ1v) is 10.2. The molecule has 0 spiro atoms. The zero-order valence-corrected chi connectivity index (χ0v) is 17.5. The standard InChI is InChI=1S/C22H18FN3O4S/c1-13-10-14(23)6-7-17(13)26-21(28)20-18(8-9-31-20)25(22(26)29)12-19(27)24-15-4-3-5-16(11-15)30-2/h3-11H,12H2,1-2H3,(H,24,27). The van der Waals surface area contributed by atoms with Gasteiger partial charge in [0.2, 0.25) is 5.91 Å². The van der Waals surface area contributed by atoms with Crippen molar-refractivity contribution < 1.29 is 13.9 Å². The van der Waals surface area contributed by atoms with Gasteiger partial charge in [0.15, 0.2) is 0 Å². The number of hydrogen-bond acceptors (Lipinski definition) is 5. The number of anilines is 1. The topological polar surface area (TPSA) is 82.3 Å². The summed E-state index contributed by atoms with van der Waals surface area (Å²) >= 11 is 1.18. The molecule has 1 N–H and O–H groups in total. The fraction of sp³-hybridized carbons (Fsp3) is 0.136. The molecule has 0 radical (unpaired) electrons. The summed E-state index contributed by atoms with van der Waals surface area (Å²) in [5.74, 6) is -0.330. The van der Waals surface area contributed by atoms with Gasteiger partial charge >= 0.3 is 5.69 Å². The molecule has 9 heteroatoms. The first kappa shape index (κ1) is 20.5. The van der Waals surface area contributed by atoms with Crippen molar-refractivity contribution in [1.82, 2.24) is 9.13 Å². The number of nitrogens with one attached hydrogen (secondary N) is 1. The Labute approximate surface area is 180 Å². The van der Waals surface area contributed by atoms with Crippen molar-refractivity contribution >= 4 is 33.1 Å². The van der Waals surface area contributed by atoms with Gasteiger partial charge in [-0.1, -0.05) is 6.07 Å². The molecule has 0 unspecified atom stereocenters. The summed E-state index contributed by atoms with van der Waals surface area (Å²) < 4.78 is 21.2. The lowest BCUT2D eigenvalue weighted by molar-refractivity contribution is -0.116. The third-order valence-electron chi connectivity index (χ3n) is 4.81. The second-order valence-corrected chi connectivity index (χ2v) is 7.77. The summed E-state index contributed by atoms with van der Waals surface area (Å²) in [5.41, 5.74) is 0.412. The van der Waals surface area contributed by atoms with Crippen molar-refractivity contribution in [2.75, 3.05) is 12.4 Å². The summed E-state index contributed by atoms with van der Waals surface area (Å²) in [6.45, 7) is 1.31. The second kappa shape index (κ2) is 8.19. The Bertz CT molecular complexity index is 1420. The third kappa shape index (κ3) is 3.87. The molecule has 0 atom stereocenters. The maximum atomic E-state index is 13.5. The van der Waals surface area contributed by atoms with Gasteiger partial charge in [-0.05, 0) is 54.3 Å². The highest BCUT2D eigenvalue weighted by molar-refractivity contribution is 7.17. The van der Waals surface area contributed by atoms with Gasteiger partial charge in [0.25, 0.3) is 5.56 Å². The van der Waals surface area contributed by atoms with E-state index < -0.39 is 23.0 Å². The number of hydrogen-bond donors (Lipinski definition) is 1. The molecule has 4 rings (SSSR count). The van der Waals surface area contributed by atoms with Crippen LogP contribution in [-0.2, 0) is 11.3 Å². The van der Waals surface area contributed by atoms with Crippen molar-refractivity contribution in [1.29, 1.82) is 0 Å². The van der Waals surface area contributed by atoms with Gasteiger partial charge in [0, 0.05) is 11.8 Å². The first-order valence-electron chi connectivity index (χ1n) is 9.32. The summed E-state index contributed by atoms with van der Waals surface area (Å²) in [6.07, 6.45) is 0. The largest absolute Gasteiger partial charge is 0.497 e. The average Bonchev–Trinajstić information content (AvgIpc) is 3.23. The molecule has 7 nitrogen and oxygen atoms in total. The number of thiophene rings is 1. The number of carbonyl (C=O) groups is 1. The molecule has 2 aromatic heterocycles. The normalized spacial score (nSPS) is 10.9. The number of aryl methyl sites for hydroxylation is 1. The van der Waals surface area contributed by atoms with Gasteiger partial charge in [0.05, 0.1) is 18.3 Å². The maximum Gasteiger partial charge on any atom is 0.336 e. The van der Waals surface area contributed by atoms with Crippen LogP contribution in [0.3, 0.4) is 0 Å². The highest BCUT2D eigenvalue weighted by atomic mass is 32.1. The second-order valence-electron chi connectivity index (χ2n) is 6.86. The van der Waals surface area contributed by atoms with E-state index in [1.54, 1.807) is 42.6 Å². The lowest BCUT2D eigenvalue weighted by atomic mass is 10.2. The highest BCUT2D eigenvalue weighted by Gasteiger charge is 2.19. The number of fused-ring (bicyclic) bond motifs is 1. The molecule has 0 bridgehead atoms. The number of halogens is 1. The molecule has 0 saturated heterocycles. The summed E-state index contributed by atoms with van der Waals surface area (Å²) in [4.78, 5) is 39.0. The number of benzene rings is 2. The van der Waals surface area contributed by atoms with Crippen LogP contribution in [-0.4, -0.2) is 22.2 Å². The quantitative estimate of drug-likeness (QED) is 0.517. The van der Waals surface area contributed by atoms with Crippen LogP contribution in [0.15, 0.2) is 63.5 Å². The Morgan fingerprint density at radius 2 is 1.97 bits per heavy atom. The fourth-order valence-electron chi connectivity index (χ4n) is 3.37. The number of carbonyl (C=O) groups excluding carboxylic acids is 1. The van der Waals surface area contributed by atoms with E-state index >= 15 is 0 Å². The van der Waals surface area contributed by atoms with E-state index in [-0.39, 0.29) is 12.2 Å². The van der Waals surface area contributed by atoms with Gasteiger partial charge in [-0.2, -0.15) is 0 Å². The van der Waals surface area contributed by atoms with Crippen LogP contribution in [0, 0.1) is 12.7 Å². The van der Waals surface area contributed by atoms with Crippen LogP contribution in [0.5, 0.6) is 5.75 Å². The Kier molecular flexibility index (Phi) is 5.43. The minimum atomic E-state index is -0.675. The molecule has 2 heterocycles. The number of methoxy groups -OCH3 is 1. The van der Waals surface area contributed by atoms with Crippen molar-refractivity contribution in [3.63, 3.8) is 0 Å². The SMILES string of the molecule is COc1cccc(NC(=O)Cn2c(=O)n(-c3ccc(F)cc3C)c(=O)c3sccc32)c1. The number of ether oxygens (including phenoxy) is 1. The van der Waals surface area contributed by atoms with Crippen LogP contribution in [0.1, 0.15) is 5.56 Å². The van der Waals surface area contributed by atoms with Gasteiger partial charge in [-0.25, -0.2) is 13.8 Å². The minimum Gasteiger partial charge on any atom is -0.497 e. The molecule has 0 aliphatic carbocycles. The van der Waals surface area contributed by atoms with Crippen molar-refractivity contribution in [3.05, 3.63) is 86.1 Å². The first-order chi connectivity index (χ1) is 14.9. The van der Waals surface area contributed by atoms with Gasteiger partial charge in [0.1, 0.15) is 22.8 Å². The molecule has 1 amide bonds. The third-order valence-corrected chi connectivity index (χ3v) is 5.70. The van der Waals surface area contributed by atoms with Crippen LogP contribution in [0.2, 0.25) is 0 Å². The molecule has 0 aliphatic rings. The highest BCUT2D eigenvalue weighted by Crippen LogP contribution is 2.19. The molecule has 0 fully saturated rings. The fourth-order valence-corrected chi connectivity index (χ4v) is 4.19. The zero-order valence-electron chi connectivity index (χ0n) is 16.7. The predicted octanol–water partition coefficient (Wildman–Crippen LogP) is 3.31.